The summed E-state index contributed by atoms with van der Waals surface area (Å²) >= 11 is 2.07. The molecule has 0 radical (unpaired) electrons. The summed E-state index contributed by atoms with van der Waals surface area (Å²) in [5, 5.41) is 19.1. The number of carboxylic acids is 1. The number of halogens is 1. The molecule has 1 aliphatic heterocycles. The smallest absolute Gasteiger partial charge is 0.311 e. The van der Waals surface area contributed by atoms with Crippen LogP contribution in [0, 0.1) is 8.99 Å². The van der Waals surface area contributed by atoms with Crippen molar-refractivity contribution in [2.45, 2.75) is 19.8 Å². The highest BCUT2D eigenvalue weighted by atomic mass is 127. The van der Waals surface area contributed by atoms with Crippen molar-refractivity contribution in [2.75, 3.05) is 13.1 Å². The normalized spacial score (nSPS) is 22.6. The van der Waals surface area contributed by atoms with E-state index in [1.54, 1.807) is 19.1 Å². The summed E-state index contributed by atoms with van der Waals surface area (Å²) in [5.74, 6) is -1.27. The fourth-order valence-corrected chi connectivity index (χ4v) is 2.93. The lowest BCUT2D eigenvalue weighted by Gasteiger charge is -2.37. The number of carbonyl (C=O) groups excluding carboxylic acids is 1. The molecule has 108 valence electrons. The molecule has 2 N–H and O–H groups in total. The van der Waals surface area contributed by atoms with Crippen molar-refractivity contribution in [1.29, 1.82) is 0 Å². The average Bonchev–Trinajstić information content (AvgIpc) is 2.40. The van der Waals surface area contributed by atoms with Gasteiger partial charge in [0.1, 0.15) is 5.75 Å². The van der Waals surface area contributed by atoms with Gasteiger partial charge in [0, 0.05) is 16.7 Å². The van der Waals surface area contributed by atoms with Gasteiger partial charge in [-0.2, -0.15) is 0 Å². The molecule has 1 aromatic carbocycles. The predicted octanol–water partition coefficient (Wildman–Crippen LogP) is 2.32. The number of rotatable bonds is 2. The number of hydrogen-bond donors (Lipinski definition) is 2. The van der Waals surface area contributed by atoms with E-state index in [-0.39, 0.29) is 23.8 Å². The van der Waals surface area contributed by atoms with Gasteiger partial charge in [-0.1, -0.05) is 0 Å². The molecule has 1 saturated heterocycles. The van der Waals surface area contributed by atoms with E-state index >= 15 is 0 Å². The molecule has 20 heavy (non-hydrogen) atoms. The molecule has 1 aromatic rings. The first-order valence-electron chi connectivity index (χ1n) is 6.35. The minimum atomic E-state index is -0.911. The summed E-state index contributed by atoms with van der Waals surface area (Å²) in [6.45, 7) is 2.35. The number of amides is 1. The standard InChI is InChI=1S/C14H16INO4/c1-14(13(19)20)5-2-6-16(8-14)12(18)10-7-9(15)3-4-11(10)17/h3-4,7,17H,2,5-6,8H2,1H3,(H,19,20). The second-order valence-electron chi connectivity index (χ2n) is 5.36. The second kappa shape index (κ2) is 5.59. The van der Waals surface area contributed by atoms with E-state index in [4.69, 9.17) is 0 Å². The summed E-state index contributed by atoms with van der Waals surface area (Å²) < 4.78 is 0.849. The monoisotopic (exact) mass is 389 g/mol. The third-order valence-corrected chi connectivity index (χ3v) is 4.36. The fourth-order valence-electron chi connectivity index (χ4n) is 2.44. The van der Waals surface area contributed by atoms with Gasteiger partial charge in [0.15, 0.2) is 0 Å². The van der Waals surface area contributed by atoms with Crippen LogP contribution in [0.15, 0.2) is 18.2 Å². The van der Waals surface area contributed by atoms with Gasteiger partial charge in [0.05, 0.1) is 11.0 Å². The van der Waals surface area contributed by atoms with Gasteiger partial charge in [-0.25, -0.2) is 0 Å². The zero-order valence-corrected chi connectivity index (χ0v) is 13.3. The van der Waals surface area contributed by atoms with Gasteiger partial charge in [-0.3, -0.25) is 9.59 Å². The van der Waals surface area contributed by atoms with Crippen LogP contribution in [0.3, 0.4) is 0 Å². The Morgan fingerprint density at radius 2 is 2.10 bits per heavy atom. The molecule has 0 bridgehead atoms. The number of aromatic hydroxyl groups is 1. The number of piperidine rings is 1. The van der Waals surface area contributed by atoms with Crippen LogP contribution >= 0.6 is 22.6 Å². The SMILES string of the molecule is CC1(C(=O)O)CCCN(C(=O)c2cc(I)ccc2O)C1. The Morgan fingerprint density at radius 3 is 2.75 bits per heavy atom. The number of phenols is 1. The molecule has 5 nitrogen and oxygen atoms in total. The summed E-state index contributed by atoms with van der Waals surface area (Å²) in [6, 6.07) is 4.81. The Labute approximate surface area is 130 Å². The third kappa shape index (κ3) is 2.89. The zero-order chi connectivity index (χ0) is 14.9. The average molecular weight is 389 g/mol. The first-order valence-corrected chi connectivity index (χ1v) is 7.42. The van der Waals surface area contributed by atoms with Gasteiger partial charge in [0.25, 0.3) is 5.91 Å². The van der Waals surface area contributed by atoms with Crippen LogP contribution in [0.4, 0.5) is 0 Å². The second-order valence-corrected chi connectivity index (χ2v) is 6.60. The third-order valence-electron chi connectivity index (χ3n) is 3.69. The molecule has 0 saturated carbocycles. The van der Waals surface area contributed by atoms with Crippen molar-refractivity contribution in [3.8, 4) is 5.75 Å². The minimum Gasteiger partial charge on any atom is -0.507 e. The zero-order valence-electron chi connectivity index (χ0n) is 11.1. The van der Waals surface area contributed by atoms with Crippen molar-refractivity contribution in [2.24, 2.45) is 5.41 Å². The van der Waals surface area contributed by atoms with Crippen LogP contribution < -0.4 is 0 Å². The van der Waals surface area contributed by atoms with E-state index in [0.29, 0.717) is 19.4 Å². The highest BCUT2D eigenvalue weighted by Gasteiger charge is 2.39. The number of carbonyl (C=O) groups is 2. The molecule has 6 heteroatoms. The number of phenolic OH excluding ortho intramolecular Hbond substituents is 1. The molecular weight excluding hydrogens is 373 g/mol. The number of aliphatic carboxylic acids is 1. The largest absolute Gasteiger partial charge is 0.507 e. The highest BCUT2D eigenvalue weighted by Crippen LogP contribution is 2.31. The van der Waals surface area contributed by atoms with Crippen molar-refractivity contribution in [3.05, 3.63) is 27.3 Å². The molecule has 1 atom stereocenters. The maximum atomic E-state index is 12.5. The van der Waals surface area contributed by atoms with E-state index in [2.05, 4.69) is 22.6 Å². The van der Waals surface area contributed by atoms with Crippen LogP contribution in [0.25, 0.3) is 0 Å². The minimum absolute atomic E-state index is 0.0713. The van der Waals surface area contributed by atoms with Crippen molar-refractivity contribution >= 4 is 34.5 Å². The highest BCUT2D eigenvalue weighted by molar-refractivity contribution is 14.1. The van der Waals surface area contributed by atoms with Gasteiger partial charge in [-0.05, 0) is 60.6 Å². The van der Waals surface area contributed by atoms with Crippen molar-refractivity contribution < 1.29 is 19.8 Å². The predicted molar refractivity (Wildman–Crippen MR) is 81.7 cm³/mol. The van der Waals surface area contributed by atoms with E-state index in [1.807, 2.05) is 0 Å². The lowest BCUT2D eigenvalue weighted by atomic mass is 9.82. The molecule has 1 fully saturated rings. The summed E-state index contributed by atoms with van der Waals surface area (Å²) in [4.78, 5) is 25.3. The Balaban J connectivity index is 2.25. The first kappa shape index (κ1) is 15.1. The van der Waals surface area contributed by atoms with Crippen molar-refractivity contribution in [1.82, 2.24) is 4.90 Å². The number of benzene rings is 1. The maximum Gasteiger partial charge on any atom is 0.311 e. The van der Waals surface area contributed by atoms with Crippen LogP contribution in [-0.4, -0.2) is 40.1 Å². The number of nitrogens with zero attached hydrogens (tertiary/aromatic N) is 1. The molecule has 0 spiro atoms. The van der Waals surface area contributed by atoms with Crippen LogP contribution in [0.1, 0.15) is 30.1 Å². The van der Waals surface area contributed by atoms with Gasteiger partial charge in [0.2, 0.25) is 0 Å². The maximum absolute atomic E-state index is 12.5. The Bertz CT molecular complexity index is 560. The lowest BCUT2D eigenvalue weighted by Crippen LogP contribution is -2.48. The molecule has 0 aliphatic carbocycles. The molecular formula is C14H16INO4. The molecule has 0 aromatic heterocycles. The fraction of sp³-hybridized carbons (Fsp3) is 0.429. The number of hydrogen-bond acceptors (Lipinski definition) is 3. The molecule has 2 rings (SSSR count). The molecule has 1 aliphatic rings. The summed E-state index contributed by atoms with van der Waals surface area (Å²) in [5.41, 5.74) is -0.683. The Kier molecular flexibility index (Phi) is 4.22. The lowest BCUT2D eigenvalue weighted by molar-refractivity contribution is -0.150. The number of carboxylic acid groups (broad SMARTS) is 1. The topological polar surface area (TPSA) is 77.8 Å². The van der Waals surface area contributed by atoms with E-state index in [9.17, 15) is 19.8 Å². The van der Waals surface area contributed by atoms with Gasteiger partial charge in [-0.15, -0.1) is 0 Å². The van der Waals surface area contributed by atoms with Crippen LogP contribution in [0.5, 0.6) is 5.75 Å². The van der Waals surface area contributed by atoms with Gasteiger partial charge >= 0.3 is 5.97 Å². The number of likely N-dealkylation sites (tertiary alicyclic amines) is 1. The molecule has 1 amide bonds. The van der Waals surface area contributed by atoms with E-state index < -0.39 is 11.4 Å². The Morgan fingerprint density at radius 1 is 1.40 bits per heavy atom. The Hall–Kier alpha value is -1.31. The van der Waals surface area contributed by atoms with E-state index in [1.165, 1.54) is 11.0 Å². The van der Waals surface area contributed by atoms with Crippen LogP contribution in [0.2, 0.25) is 0 Å². The van der Waals surface area contributed by atoms with E-state index in [0.717, 1.165) is 3.57 Å². The van der Waals surface area contributed by atoms with Crippen molar-refractivity contribution in [3.63, 3.8) is 0 Å². The quantitative estimate of drug-likeness (QED) is 0.762. The summed E-state index contributed by atoms with van der Waals surface area (Å²) in [6.07, 6.45) is 1.21. The van der Waals surface area contributed by atoms with Gasteiger partial charge < -0.3 is 15.1 Å². The first-order chi connectivity index (χ1) is 9.33. The van der Waals surface area contributed by atoms with Crippen LogP contribution in [-0.2, 0) is 4.79 Å². The molecule has 1 heterocycles. The summed E-state index contributed by atoms with van der Waals surface area (Å²) in [7, 11) is 0. The molecule has 1 unspecified atom stereocenters.